The summed E-state index contributed by atoms with van der Waals surface area (Å²) in [7, 11) is 3.63. The Morgan fingerprint density at radius 3 is 2.93 bits per heavy atom. The van der Waals surface area contributed by atoms with Crippen molar-refractivity contribution in [1.82, 2.24) is 0 Å². The third kappa shape index (κ3) is 2.32. The summed E-state index contributed by atoms with van der Waals surface area (Å²) in [5.74, 6) is 0. The molecule has 0 aromatic carbocycles. The third-order valence-corrected chi connectivity index (χ3v) is 5.12. The van der Waals surface area contributed by atoms with Crippen LogP contribution in [0.25, 0.3) is 0 Å². The Hall–Kier alpha value is 0.605. The molecule has 0 N–H and O–H groups in total. The normalized spacial score (nSPS) is 51.1. The van der Waals surface area contributed by atoms with Gasteiger partial charge < -0.3 is 13.8 Å². The highest BCUT2D eigenvalue weighted by Crippen LogP contribution is 2.56. The molecule has 0 aliphatic carbocycles. The van der Waals surface area contributed by atoms with Gasteiger partial charge in [0.1, 0.15) is 13.4 Å². The van der Waals surface area contributed by atoms with Crippen molar-refractivity contribution in [3.05, 3.63) is 0 Å². The van der Waals surface area contributed by atoms with Crippen molar-refractivity contribution in [2.75, 3.05) is 26.1 Å². The van der Waals surface area contributed by atoms with Gasteiger partial charge in [0, 0.05) is 21.5 Å². The van der Waals surface area contributed by atoms with Gasteiger partial charge in [0.25, 0.3) is 0 Å². The Morgan fingerprint density at radius 1 is 1.67 bits per heavy atom. The summed E-state index contributed by atoms with van der Waals surface area (Å²) in [6, 6.07) is -0.326. The maximum atomic E-state index is 11.8. The zero-order chi connectivity index (χ0) is 11.1. The number of rotatable bonds is 2. The second-order valence-corrected chi connectivity index (χ2v) is 7.46. The molecule has 7 heteroatoms. The largest absolute Gasteiger partial charge is 0.376 e. The van der Waals surface area contributed by atoms with Gasteiger partial charge in [-0.3, -0.25) is 4.57 Å². The first-order chi connectivity index (χ1) is 6.97. The van der Waals surface area contributed by atoms with Crippen molar-refractivity contribution in [1.29, 1.82) is 0 Å². The summed E-state index contributed by atoms with van der Waals surface area (Å²) < 4.78 is 28.4. The first-order valence-electron chi connectivity index (χ1n) is 4.94. The molecular formula is C8H15BO4P2. The van der Waals surface area contributed by atoms with E-state index in [0.29, 0.717) is 28.0 Å². The number of hydrogen-bond acceptors (Lipinski definition) is 4. The Kier molecular flexibility index (Phi) is 3.32. The summed E-state index contributed by atoms with van der Waals surface area (Å²) in [5.41, 5.74) is -0.563. The molecule has 2 heterocycles. The molecule has 0 aromatic heterocycles. The van der Waals surface area contributed by atoms with Crippen LogP contribution in [0.5, 0.6) is 0 Å². The predicted molar refractivity (Wildman–Crippen MR) is 61.4 cm³/mol. The van der Waals surface area contributed by atoms with E-state index in [-0.39, 0.29) is 12.1 Å². The smallest absolute Gasteiger partial charge is 0.203 e. The van der Waals surface area contributed by atoms with Crippen molar-refractivity contribution < 1.29 is 18.3 Å². The van der Waals surface area contributed by atoms with E-state index in [4.69, 9.17) is 21.6 Å². The van der Waals surface area contributed by atoms with Crippen LogP contribution in [0.4, 0.5) is 0 Å². The molecule has 5 atom stereocenters. The van der Waals surface area contributed by atoms with E-state index in [1.807, 2.05) is 6.66 Å². The minimum absolute atomic E-state index is 0.0772. The average molecular weight is 248 g/mol. The average Bonchev–Trinajstić information content (AvgIpc) is 2.56. The fourth-order valence-electron chi connectivity index (χ4n) is 2.24. The van der Waals surface area contributed by atoms with Gasteiger partial charge in [-0.1, -0.05) is 0 Å². The lowest BCUT2D eigenvalue weighted by Crippen LogP contribution is -2.43. The van der Waals surface area contributed by atoms with Gasteiger partial charge in [0.15, 0.2) is 0 Å². The van der Waals surface area contributed by atoms with E-state index in [2.05, 4.69) is 0 Å². The van der Waals surface area contributed by atoms with Crippen LogP contribution in [-0.2, 0) is 18.3 Å². The van der Waals surface area contributed by atoms with Gasteiger partial charge in [-0.25, -0.2) is 0 Å². The maximum absolute atomic E-state index is 11.8. The molecule has 15 heavy (non-hydrogen) atoms. The summed E-state index contributed by atoms with van der Waals surface area (Å²) in [4.78, 5) is 0. The van der Waals surface area contributed by atoms with Crippen LogP contribution in [0.3, 0.4) is 0 Å². The highest BCUT2D eigenvalue weighted by Gasteiger charge is 2.55. The first kappa shape index (κ1) is 12.1. The zero-order valence-corrected chi connectivity index (χ0v) is 10.8. The lowest BCUT2D eigenvalue weighted by atomic mass is 9.93. The molecule has 0 bridgehead atoms. The highest BCUT2D eigenvalue weighted by atomic mass is 31.2. The fraction of sp³-hybridized carbons (Fsp3) is 1.00. The molecule has 2 unspecified atom stereocenters. The second-order valence-electron chi connectivity index (χ2n) is 4.21. The molecule has 84 valence electrons. The topological polar surface area (TPSA) is 44.8 Å². The van der Waals surface area contributed by atoms with Gasteiger partial charge in [0.05, 0.1) is 18.9 Å². The predicted octanol–water partition coefficient (Wildman–Crippen LogP) is 1.19. The van der Waals surface area contributed by atoms with Crippen LogP contribution >= 0.6 is 16.2 Å². The minimum atomic E-state index is -2.50. The monoisotopic (exact) mass is 248 g/mol. The lowest BCUT2D eigenvalue weighted by Gasteiger charge is -2.27. The van der Waals surface area contributed by atoms with E-state index in [9.17, 15) is 4.57 Å². The summed E-state index contributed by atoms with van der Waals surface area (Å²) in [6.07, 6.45) is 0.999. The van der Waals surface area contributed by atoms with Crippen LogP contribution in [0.2, 0.25) is 0 Å². The molecule has 2 fully saturated rings. The lowest BCUT2D eigenvalue weighted by molar-refractivity contribution is -0.0486. The molecule has 2 rings (SSSR count). The van der Waals surface area contributed by atoms with Crippen LogP contribution in [0.15, 0.2) is 0 Å². The SMILES string of the molecule is [B][C@H]1C[C@@H](OPC)[C@@]2(COP(C)(=O)C2)O1. The van der Waals surface area contributed by atoms with Gasteiger partial charge in [-0.05, 0) is 13.1 Å². The third-order valence-electron chi connectivity index (χ3n) is 2.82. The molecule has 2 radical (unpaired) electrons. The zero-order valence-electron chi connectivity index (χ0n) is 8.93. The summed E-state index contributed by atoms with van der Waals surface area (Å²) >= 11 is 0. The minimum Gasteiger partial charge on any atom is -0.376 e. The molecule has 0 saturated carbocycles. The van der Waals surface area contributed by atoms with Crippen molar-refractivity contribution in [3.8, 4) is 0 Å². The quantitative estimate of drug-likeness (QED) is 0.543. The summed E-state index contributed by atoms with van der Waals surface area (Å²) in [6.45, 7) is 3.93. The van der Waals surface area contributed by atoms with E-state index < -0.39 is 13.0 Å². The van der Waals surface area contributed by atoms with E-state index >= 15 is 0 Å². The van der Waals surface area contributed by atoms with Gasteiger partial charge in [-0.2, -0.15) is 0 Å². The number of hydrogen-bond donors (Lipinski definition) is 0. The Morgan fingerprint density at radius 2 is 2.40 bits per heavy atom. The Bertz CT molecular complexity index is 300. The van der Waals surface area contributed by atoms with Crippen molar-refractivity contribution in [2.24, 2.45) is 0 Å². The molecule has 2 saturated heterocycles. The molecule has 1 spiro atoms. The van der Waals surface area contributed by atoms with Gasteiger partial charge in [-0.15, -0.1) is 0 Å². The van der Waals surface area contributed by atoms with Crippen molar-refractivity contribution in [3.63, 3.8) is 0 Å². The Labute approximate surface area is 93.2 Å². The van der Waals surface area contributed by atoms with Crippen LogP contribution in [0.1, 0.15) is 6.42 Å². The summed E-state index contributed by atoms with van der Waals surface area (Å²) in [5, 5.41) is 0. The van der Waals surface area contributed by atoms with E-state index in [1.165, 1.54) is 0 Å². The van der Waals surface area contributed by atoms with Gasteiger partial charge in [0.2, 0.25) is 7.37 Å². The van der Waals surface area contributed by atoms with Gasteiger partial charge >= 0.3 is 0 Å². The standard InChI is InChI=1S/C8H15BO4P2/c1-14-13-6-3-7(9)12-8(6)4-11-15(2,10)5-8/h6-7,14H,3-5H2,1-2H3/t6-,7-,8+,15?/m1/s1. The Balaban J connectivity index is 2.16. The molecular weight excluding hydrogens is 233 g/mol. The second kappa shape index (κ2) is 4.12. The molecule has 4 nitrogen and oxygen atoms in total. The van der Waals surface area contributed by atoms with Crippen molar-refractivity contribution in [2.45, 2.75) is 24.1 Å². The maximum Gasteiger partial charge on any atom is 0.203 e. The van der Waals surface area contributed by atoms with Crippen molar-refractivity contribution >= 4 is 24.0 Å². The van der Waals surface area contributed by atoms with E-state index in [0.717, 1.165) is 0 Å². The molecule has 0 aromatic rings. The van der Waals surface area contributed by atoms with E-state index in [1.54, 1.807) is 6.66 Å². The molecule has 2 aliphatic heterocycles. The first-order valence-corrected chi connectivity index (χ1v) is 8.61. The molecule has 2 aliphatic rings. The van der Waals surface area contributed by atoms with Crippen LogP contribution in [-0.4, -0.2) is 51.7 Å². The fourth-order valence-corrected chi connectivity index (χ4v) is 4.76. The van der Waals surface area contributed by atoms with Crippen LogP contribution in [0, 0.1) is 0 Å². The highest BCUT2D eigenvalue weighted by molar-refractivity contribution is 7.58. The number of ether oxygens (including phenoxy) is 1. The molecule has 0 amide bonds. The van der Waals surface area contributed by atoms with Crippen LogP contribution < -0.4 is 0 Å².